The van der Waals surface area contributed by atoms with Gasteiger partial charge in [0.15, 0.2) is 0 Å². The van der Waals surface area contributed by atoms with Gasteiger partial charge in [0, 0.05) is 11.4 Å². The maximum absolute atomic E-state index is 10.1. The monoisotopic (exact) mass is 431 g/mol. The lowest BCUT2D eigenvalue weighted by Gasteiger charge is -2.36. The fourth-order valence-corrected chi connectivity index (χ4v) is 4.51. The normalized spacial score (nSPS) is 29.1. The van der Waals surface area contributed by atoms with Crippen molar-refractivity contribution in [3.05, 3.63) is 58.1 Å². The van der Waals surface area contributed by atoms with Gasteiger partial charge in [-0.2, -0.15) is 0 Å². The molecule has 6 nitrogen and oxygen atoms in total. The molecule has 2 aromatic carbocycles. The van der Waals surface area contributed by atoms with Gasteiger partial charge in [0.05, 0.1) is 31.0 Å². The van der Waals surface area contributed by atoms with Crippen molar-refractivity contribution in [3.8, 4) is 5.75 Å². The zero-order chi connectivity index (χ0) is 20.9. The third-order valence-corrected chi connectivity index (χ3v) is 6.73. The molecule has 1 saturated carbocycles. The predicted molar refractivity (Wildman–Crippen MR) is 113 cm³/mol. The summed E-state index contributed by atoms with van der Waals surface area (Å²) in [6.07, 6.45) is -0.121. The Hall–Kier alpha value is -1.83. The van der Waals surface area contributed by atoms with Crippen molar-refractivity contribution in [2.75, 3.05) is 18.5 Å². The van der Waals surface area contributed by atoms with Gasteiger partial charge in [-0.1, -0.05) is 29.8 Å². The van der Waals surface area contributed by atoms with E-state index in [-0.39, 0.29) is 18.6 Å². The maximum Gasteiger partial charge on any atom is 0.143 e. The highest BCUT2D eigenvalue weighted by Crippen LogP contribution is 2.46. The van der Waals surface area contributed by atoms with E-state index >= 15 is 0 Å². The van der Waals surface area contributed by atoms with Crippen LogP contribution in [0.3, 0.4) is 0 Å². The molecule has 0 bridgehead atoms. The minimum atomic E-state index is -1.09. The Morgan fingerprint density at radius 2 is 1.97 bits per heavy atom. The second-order valence-electron chi connectivity index (χ2n) is 8.64. The molecule has 2 aromatic rings. The van der Waals surface area contributed by atoms with Crippen molar-refractivity contribution in [3.63, 3.8) is 0 Å². The average Bonchev–Trinajstić information content (AvgIpc) is 3.50. The first-order valence-corrected chi connectivity index (χ1v) is 10.8. The third-order valence-electron chi connectivity index (χ3n) is 6.36. The molecule has 160 valence electrons. The van der Waals surface area contributed by atoms with Crippen molar-refractivity contribution in [1.82, 2.24) is 0 Å². The molecule has 4 atom stereocenters. The Labute approximate surface area is 180 Å². The number of rotatable bonds is 4. The van der Waals surface area contributed by atoms with Gasteiger partial charge in [0.2, 0.25) is 0 Å². The van der Waals surface area contributed by atoms with Gasteiger partial charge in [0.1, 0.15) is 23.6 Å². The van der Waals surface area contributed by atoms with E-state index in [1.54, 1.807) is 0 Å². The van der Waals surface area contributed by atoms with Crippen LogP contribution in [-0.4, -0.2) is 52.4 Å². The van der Waals surface area contributed by atoms with E-state index in [0.717, 1.165) is 47.5 Å². The van der Waals surface area contributed by atoms with Crippen LogP contribution in [0.5, 0.6) is 5.75 Å². The van der Waals surface area contributed by atoms with Crippen molar-refractivity contribution in [1.29, 1.82) is 0 Å². The second-order valence-corrected chi connectivity index (χ2v) is 9.04. The molecule has 7 heteroatoms. The lowest BCUT2D eigenvalue weighted by Crippen LogP contribution is -2.47. The summed E-state index contributed by atoms with van der Waals surface area (Å²) < 4.78 is 11.9. The number of benzene rings is 2. The van der Waals surface area contributed by atoms with Gasteiger partial charge >= 0.3 is 0 Å². The SMILES string of the molecule is OCC1OC(c2ccc(Cl)c(Cc3ccc4c(c3)NCC3(CC3)O4)c2)CC(O)C1O. The van der Waals surface area contributed by atoms with Crippen LogP contribution in [0.15, 0.2) is 36.4 Å². The molecule has 30 heavy (non-hydrogen) atoms. The Bertz CT molecular complexity index is 947. The number of fused-ring (bicyclic) bond motifs is 1. The minimum absolute atomic E-state index is 0.0106. The number of anilines is 1. The molecular weight excluding hydrogens is 406 g/mol. The summed E-state index contributed by atoms with van der Waals surface area (Å²) in [5.41, 5.74) is 3.96. The summed E-state index contributed by atoms with van der Waals surface area (Å²) >= 11 is 6.47. The first kappa shape index (κ1) is 20.1. The number of hydrogen-bond acceptors (Lipinski definition) is 6. The highest BCUT2D eigenvalue weighted by molar-refractivity contribution is 6.31. The summed E-state index contributed by atoms with van der Waals surface area (Å²) in [6.45, 7) is 0.500. The van der Waals surface area contributed by atoms with Crippen molar-refractivity contribution in [2.24, 2.45) is 0 Å². The molecule has 1 spiro atoms. The van der Waals surface area contributed by atoms with E-state index in [0.29, 0.717) is 11.4 Å². The Kier molecular flexibility index (Phi) is 5.16. The molecule has 0 aromatic heterocycles. The van der Waals surface area contributed by atoms with E-state index < -0.39 is 24.4 Å². The fraction of sp³-hybridized carbons (Fsp3) is 0.478. The Balaban J connectivity index is 1.35. The molecule has 2 heterocycles. The minimum Gasteiger partial charge on any atom is -0.483 e. The molecule has 4 N–H and O–H groups in total. The van der Waals surface area contributed by atoms with Crippen LogP contribution in [0.25, 0.3) is 0 Å². The molecule has 2 fully saturated rings. The summed E-state index contributed by atoms with van der Waals surface area (Å²) in [5.74, 6) is 0.903. The summed E-state index contributed by atoms with van der Waals surface area (Å²) in [4.78, 5) is 0. The summed E-state index contributed by atoms with van der Waals surface area (Å²) in [6, 6.07) is 11.9. The number of halogens is 1. The van der Waals surface area contributed by atoms with Crippen LogP contribution in [0.2, 0.25) is 5.02 Å². The fourth-order valence-electron chi connectivity index (χ4n) is 4.33. The molecule has 0 radical (unpaired) electrons. The van der Waals surface area contributed by atoms with E-state index in [2.05, 4.69) is 17.4 Å². The smallest absolute Gasteiger partial charge is 0.143 e. The largest absolute Gasteiger partial charge is 0.483 e. The Morgan fingerprint density at radius 3 is 2.73 bits per heavy atom. The second kappa shape index (κ2) is 7.70. The summed E-state index contributed by atoms with van der Waals surface area (Å²) in [7, 11) is 0. The maximum atomic E-state index is 10.1. The van der Waals surface area contributed by atoms with Gasteiger partial charge in [-0.3, -0.25) is 0 Å². The van der Waals surface area contributed by atoms with Crippen molar-refractivity contribution < 1.29 is 24.8 Å². The lowest BCUT2D eigenvalue weighted by atomic mass is 9.92. The van der Waals surface area contributed by atoms with Crippen molar-refractivity contribution >= 4 is 17.3 Å². The number of hydrogen-bond donors (Lipinski definition) is 4. The van der Waals surface area contributed by atoms with E-state index in [1.807, 2.05) is 24.3 Å². The topological polar surface area (TPSA) is 91.2 Å². The zero-order valence-corrected chi connectivity index (χ0v) is 17.3. The number of nitrogens with one attached hydrogen (secondary N) is 1. The highest BCUT2D eigenvalue weighted by atomic mass is 35.5. The van der Waals surface area contributed by atoms with E-state index in [1.165, 1.54) is 0 Å². The first-order valence-electron chi connectivity index (χ1n) is 10.4. The molecule has 0 amide bonds. The van der Waals surface area contributed by atoms with Crippen LogP contribution in [0.4, 0.5) is 5.69 Å². The number of aliphatic hydroxyl groups is 3. The zero-order valence-electron chi connectivity index (χ0n) is 16.6. The number of aliphatic hydroxyl groups excluding tert-OH is 3. The lowest BCUT2D eigenvalue weighted by molar-refractivity contribution is -0.181. The van der Waals surface area contributed by atoms with E-state index in [9.17, 15) is 15.3 Å². The van der Waals surface area contributed by atoms with E-state index in [4.69, 9.17) is 21.1 Å². The van der Waals surface area contributed by atoms with Crippen LogP contribution < -0.4 is 10.1 Å². The van der Waals surface area contributed by atoms with Gasteiger partial charge in [-0.25, -0.2) is 0 Å². The molecule has 5 rings (SSSR count). The van der Waals surface area contributed by atoms with Crippen LogP contribution in [0, 0.1) is 0 Å². The van der Waals surface area contributed by atoms with Crippen molar-refractivity contribution in [2.45, 2.75) is 55.7 Å². The molecule has 4 unspecified atom stereocenters. The molecule has 1 aliphatic carbocycles. The highest BCUT2D eigenvalue weighted by Gasteiger charge is 2.47. The first-order chi connectivity index (χ1) is 14.5. The quantitative estimate of drug-likeness (QED) is 0.595. The predicted octanol–water partition coefficient (Wildman–Crippen LogP) is 2.81. The average molecular weight is 432 g/mol. The summed E-state index contributed by atoms with van der Waals surface area (Å²) in [5, 5.41) is 33.7. The van der Waals surface area contributed by atoms with Crippen LogP contribution in [-0.2, 0) is 11.2 Å². The molecule has 2 aliphatic heterocycles. The number of ether oxygens (including phenoxy) is 2. The van der Waals surface area contributed by atoms with Gasteiger partial charge in [0.25, 0.3) is 0 Å². The third kappa shape index (κ3) is 3.79. The van der Waals surface area contributed by atoms with Crippen LogP contribution >= 0.6 is 11.6 Å². The Morgan fingerprint density at radius 1 is 1.13 bits per heavy atom. The molecule has 1 saturated heterocycles. The van der Waals surface area contributed by atoms with Crippen LogP contribution in [0.1, 0.15) is 42.1 Å². The molecular formula is C23H26ClNO5. The standard InChI is InChI=1S/C23H26ClNO5/c24-16-3-2-14(20-10-18(27)22(28)21(11-26)29-20)9-15(16)7-13-1-4-19-17(8-13)25-12-23(30-19)5-6-23/h1-4,8-9,18,20-22,25-28H,5-7,10-12H2. The molecule has 3 aliphatic rings. The van der Waals surface area contributed by atoms with Gasteiger partial charge in [-0.15, -0.1) is 0 Å². The van der Waals surface area contributed by atoms with Gasteiger partial charge < -0.3 is 30.1 Å². The van der Waals surface area contributed by atoms with Gasteiger partial charge in [-0.05, 0) is 54.2 Å².